The molecule has 2 fully saturated rings. The van der Waals surface area contributed by atoms with Gasteiger partial charge in [-0.05, 0) is 77.1 Å². The molecule has 0 heterocycles. The van der Waals surface area contributed by atoms with E-state index >= 15 is 0 Å². The zero-order valence-corrected chi connectivity index (χ0v) is 17.9. The van der Waals surface area contributed by atoms with Crippen LogP contribution in [-0.2, 0) is 19.1 Å². The third-order valence-corrected chi connectivity index (χ3v) is 5.38. The summed E-state index contributed by atoms with van der Waals surface area (Å²) < 4.78 is 11.2. The van der Waals surface area contributed by atoms with Gasteiger partial charge in [0.2, 0.25) is 0 Å². The van der Waals surface area contributed by atoms with Crippen molar-refractivity contribution in [2.75, 3.05) is 0 Å². The fourth-order valence-electron chi connectivity index (χ4n) is 3.76. The highest BCUT2D eigenvalue weighted by Gasteiger charge is 2.29. The lowest BCUT2D eigenvalue weighted by Crippen LogP contribution is -2.31. The molecule has 0 aromatic rings. The predicted molar refractivity (Wildman–Crippen MR) is 109 cm³/mol. The van der Waals surface area contributed by atoms with Crippen molar-refractivity contribution in [1.29, 1.82) is 0 Å². The van der Waals surface area contributed by atoms with Gasteiger partial charge in [-0.1, -0.05) is 38.5 Å². The van der Waals surface area contributed by atoms with Gasteiger partial charge in [0, 0.05) is 0 Å². The number of rotatable bonds is 4. The normalized spacial score (nSPS) is 18.9. The first kappa shape index (κ1) is 22.4. The van der Waals surface area contributed by atoms with E-state index in [0.717, 1.165) is 51.4 Å². The molecule has 2 aliphatic rings. The Morgan fingerprint density at radius 1 is 0.643 bits per heavy atom. The Hall–Kier alpha value is -1.94. The highest BCUT2D eigenvalue weighted by molar-refractivity contribution is 5.74. The summed E-state index contributed by atoms with van der Waals surface area (Å²) in [7, 11) is 0. The van der Waals surface area contributed by atoms with Gasteiger partial charge in [0.05, 0.1) is 11.8 Å². The average Bonchev–Trinajstić information content (AvgIpc) is 2.66. The first-order valence-electron chi connectivity index (χ1n) is 10.7. The van der Waals surface area contributed by atoms with Crippen molar-refractivity contribution in [2.45, 2.75) is 103 Å². The van der Waals surface area contributed by atoms with Crippen LogP contribution in [0.25, 0.3) is 0 Å². The predicted octanol–water partition coefficient (Wildman–Crippen LogP) is 4.80. The molecule has 2 saturated carbocycles. The molecule has 0 radical (unpaired) electrons. The summed E-state index contributed by atoms with van der Waals surface area (Å²) in [5.74, 6) is 11.0. The third-order valence-electron chi connectivity index (χ3n) is 5.38. The summed E-state index contributed by atoms with van der Waals surface area (Å²) in [5, 5.41) is 0. The molecule has 0 saturated heterocycles. The Bertz CT molecular complexity index is 609. The molecule has 154 valence electrons. The summed E-state index contributed by atoms with van der Waals surface area (Å²) in [5.41, 5.74) is -1.77. The van der Waals surface area contributed by atoms with E-state index in [1.165, 1.54) is 12.8 Å². The minimum absolute atomic E-state index is 0.000887. The van der Waals surface area contributed by atoms with Gasteiger partial charge in [0.15, 0.2) is 11.2 Å². The molecule has 0 spiro atoms. The fraction of sp³-hybridized carbons (Fsp3) is 0.750. The fourth-order valence-corrected chi connectivity index (χ4v) is 3.76. The second-order valence-corrected chi connectivity index (χ2v) is 9.03. The molecule has 28 heavy (non-hydrogen) atoms. The number of esters is 2. The minimum Gasteiger partial charge on any atom is -0.446 e. The van der Waals surface area contributed by atoms with Gasteiger partial charge in [-0.15, -0.1) is 0 Å². The van der Waals surface area contributed by atoms with Gasteiger partial charge in [-0.2, -0.15) is 0 Å². The van der Waals surface area contributed by atoms with Gasteiger partial charge >= 0.3 is 11.9 Å². The minimum atomic E-state index is -0.883. The van der Waals surface area contributed by atoms with Gasteiger partial charge in [-0.3, -0.25) is 9.59 Å². The zero-order chi connectivity index (χ0) is 20.6. The van der Waals surface area contributed by atoms with Crippen LogP contribution in [0, 0.1) is 35.5 Å². The van der Waals surface area contributed by atoms with E-state index in [1.54, 1.807) is 27.7 Å². The number of carbonyl (C=O) groups excluding carboxylic acids is 2. The van der Waals surface area contributed by atoms with Crippen molar-refractivity contribution in [3.8, 4) is 23.7 Å². The molecule has 2 rings (SSSR count). The van der Waals surface area contributed by atoms with E-state index in [0.29, 0.717) is 0 Å². The molecule has 2 aliphatic carbocycles. The Balaban J connectivity index is 1.87. The quantitative estimate of drug-likeness (QED) is 0.514. The molecular formula is C24H34O4. The second-order valence-electron chi connectivity index (χ2n) is 9.03. The third kappa shape index (κ3) is 7.59. The molecule has 0 bridgehead atoms. The Kier molecular flexibility index (Phi) is 7.99. The Morgan fingerprint density at radius 2 is 0.964 bits per heavy atom. The smallest absolute Gasteiger partial charge is 0.310 e. The number of hydrogen-bond donors (Lipinski definition) is 0. The lowest BCUT2D eigenvalue weighted by atomic mass is 9.89. The van der Waals surface area contributed by atoms with E-state index in [9.17, 15) is 9.59 Å². The van der Waals surface area contributed by atoms with Gasteiger partial charge in [0.25, 0.3) is 0 Å². The number of ether oxygens (including phenoxy) is 2. The Morgan fingerprint density at radius 3 is 1.29 bits per heavy atom. The van der Waals surface area contributed by atoms with Crippen LogP contribution in [0.4, 0.5) is 0 Å². The lowest BCUT2D eigenvalue weighted by molar-refractivity contribution is -0.159. The summed E-state index contributed by atoms with van der Waals surface area (Å²) in [6, 6.07) is 0. The van der Waals surface area contributed by atoms with Crippen LogP contribution in [-0.4, -0.2) is 23.1 Å². The highest BCUT2D eigenvalue weighted by atomic mass is 16.6. The molecule has 0 unspecified atom stereocenters. The van der Waals surface area contributed by atoms with Crippen molar-refractivity contribution in [1.82, 2.24) is 0 Å². The molecule has 0 amide bonds. The van der Waals surface area contributed by atoms with Crippen LogP contribution in [0.5, 0.6) is 0 Å². The molecule has 4 heteroatoms. The van der Waals surface area contributed by atoms with Gasteiger partial charge < -0.3 is 9.47 Å². The largest absolute Gasteiger partial charge is 0.446 e. The molecule has 0 aromatic carbocycles. The van der Waals surface area contributed by atoms with Crippen molar-refractivity contribution < 1.29 is 19.1 Å². The SMILES string of the molecule is CC(C)(C#CC#CC(C)(C)OC(=O)C1CCCCC1)OC(=O)C1CCCCC1. The molecule has 0 aromatic heterocycles. The van der Waals surface area contributed by atoms with Crippen molar-refractivity contribution in [3.05, 3.63) is 0 Å². The van der Waals surface area contributed by atoms with Crippen LogP contribution in [0.2, 0.25) is 0 Å². The summed E-state index contributed by atoms with van der Waals surface area (Å²) in [6.07, 6.45) is 10.4. The van der Waals surface area contributed by atoms with E-state index in [-0.39, 0.29) is 23.8 Å². The number of carbonyl (C=O) groups is 2. The monoisotopic (exact) mass is 386 g/mol. The van der Waals surface area contributed by atoms with E-state index < -0.39 is 11.2 Å². The summed E-state index contributed by atoms with van der Waals surface area (Å²) in [4.78, 5) is 24.6. The van der Waals surface area contributed by atoms with Crippen LogP contribution in [0.1, 0.15) is 91.9 Å². The molecule has 0 N–H and O–H groups in total. The van der Waals surface area contributed by atoms with E-state index in [4.69, 9.17) is 9.47 Å². The standard InChI is InChI=1S/C24H34O4/c1-23(2,27-21(25)19-13-7-5-8-14-19)17-11-12-18-24(3,4)28-22(26)20-15-9-6-10-16-20/h19-20H,5-10,13-16H2,1-4H3. The highest BCUT2D eigenvalue weighted by Crippen LogP contribution is 2.27. The van der Waals surface area contributed by atoms with Crippen LogP contribution in [0.15, 0.2) is 0 Å². The first-order valence-corrected chi connectivity index (χ1v) is 10.7. The van der Waals surface area contributed by atoms with Crippen molar-refractivity contribution in [2.24, 2.45) is 11.8 Å². The van der Waals surface area contributed by atoms with Crippen LogP contribution in [0.3, 0.4) is 0 Å². The second kappa shape index (κ2) is 10.0. The van der Waals surface area contributed by atoms with Crippen molar-refractivity contribution >= 4 is 11.9 Å². The molecule has 0 aliphatic heterocycles. The lowest BCUT2D eigenvalue weighted by Gasteiger charge is -2.25. The van der Waals surface area contributed by atoms with Gasteiger partial charge in [-0.25, -0.2) is 0 Å². The van der Waals surface area contributed by atoms with E-state index in [1.807, 2.05) is 0 Å². The molecular weight excluding hydrogens is 352 g/mol. The maximum atomic E-state index is 12.3. The maximum Gasteiger partial charge on any atom is 0.310 e. The van der Waals surface area contributed by atoms with Crippen LogP contribution < -0.4 is 0 Å². The van der Waals surface area contributed by atoms with Gasteiger partial charge in [0.1, 0.15) is 0 Å². The molecule has 4 nitrogen and oxygen atoms in total. The van der Waals surface area contributed by atoms with E-state index in [2.05, 4.69) is 23.7 Å². The summed E-state index contributed by atoms with van der Waals surface area (Å²) in [6.45, 7) is 7.10. The zero-order valence-electron chi connectivity index (χ0n) is 17.9. The topological polar surface area (TPSA) is 52.6 Å². The maximum absolute atomic E-state index is 12.3. The van der Waals surface area contributed by atoms with Crippen LogP contribution >= 0.6 is 0 Å². The average molecular weight is 387 g/mol. The molecule has 0 atom stereocenters. The Labute approximate surface area is 170 Å². The summed E-state index contributed by atoms with van der Waals surface area (Å²) >= 11 is 0. The van der Waals surface area contributed by atoms with Crippen molar-refractivity contribution in [3.63, 3.8) is 0 Å². The first-order chi connectivity index (χ1) is 13.2. The number of hydrogen-bond acceptors (Lipinski definition) is 4.